The summed E-state index contributed by atoms with van der Waals surface area (Å²) >= 11 is 0. The highest BCUT2D eigenvalue weighted by Gasteiger charge is 2.64. The van der Waals surface area contributed by atoms with E-state index in [4.69, 9.17) is 9.84 Å². The van der Waals surface area contributed by atoms with Crippen LogP contribution in [0.2, 0.25) is 0 Å². The lowest BCUT2D eigenvalue weighted by Gasteiger charge is -2.56. The lowest BCUT2D eigenvalue weighted by Crippen LogP contribution is -2.55. The van der Waals surface area contributed by atoms with E-state index in [1.807, 2.05) is 20.8 Å². The van der Waals surface area contributed by atoms with Gasteiger partial charge in [-0.05, 0) is 54.2 Å². The Hall–Kier alpha value is -2.61. The van der Waals surface area contributed by atoms with Gasteiger partial charge >= 0.3 is 11.9 Å². The molecule has 2 saturated carbocycles. The standard InChI is InChI=1S/C26H31FO7/c1-13-8-16-15-10-18(27)17-9-14(28)6-7-25(17,2)24(15)19(29)11-26(16,3)23(13)20(30)12-34-22(33)5-4-21(31)32/h6-7,9-10,13,15-16,19,23-24,29H,4-5,8,11-12H2,1-3H3,(H,31,32)/t13-,15+,16+,19+,23-,24-,25+,26+/m1/s1. The van der Waals surface area contributed by atoms with Crippen LogP contribution in [0.5, 0.6) is 0 Å². The van der Waals surface area contributed by atoms with Crippen LogP contribution in [0.3, 0.4) is 0 Å². The maximum atomic E-state index is 15.3. The third-order valence-corrected chi connectivity index (χ3v) is 8.71. The number of halogens is 1. The van der Waals surface area contributed by atoms with Crippen molar-refractivity contribution in [3.63, 3.8) is 0 Å². The first-order chi connectivity index (χ1) is 15.9. The number of carboxylic acid groups (broad SMARTS) is 1. The summed E-state index contributed by atoms with van der Waals surface area (Å²) in [5.74, 6) is -4.09. The van der Waals surface area contributed by atoms with Crippen LogP contribution < -0.4 is 0 Å². The van der Waals surface area contributed by atoms with Crippen molar-refractivity contribution >= 4 is 23.5 Å². The Labute approximate surface area is 197 Å². The van der Waals surface area contributed by atoms with Gasteiger partial charge in [0.25, 0.3) is 0 Å². The molecule has 0 heterocycles. The van der Waals surface area contributed by atoms with Crippen molar-refractivity contribution in [3.05, 3.63) is 35.7 Å². The van der Waals surface area contributed by atoms with E-state index in [0.717, 1.165) is 0 Å². The first-order valence-electron chi connectivity index (χ1n) is 11.8. The molecular formula is C26H31FO7. The van der Waals surface area contributed by atoms with Crippen LogP contribution >= 0.6 is 0 Å². The Morgan fingerprint density at radius 3 is 2.62 bits per heavy atom. The molecule has 0 radical (unpaired) electrons. The number of allylic oxidation sites excluding steroid dienone is 6. The highest BCUT2D eigenvalue weighted by atomic mass is 19.1. The van der Waals surface area contributed by atoms with Crippen LogP contribution in [0.15, 0.2) is 35.7 Å². The molecule has 2 fully saturated rings. The fourth-order valence-corrected chi connectivity index (χ4v) is 7.44. The average Bonchev–Trinajstić information content (AvgIpc) is 3.01. The quantitative estimate of drug-likeness (QED) is 0.568. The Morgan fingerprint density at radius 1 is 1.24 bits per heavy atom. The monoisotopic (exact) mass is 474 g/mol. The molecule has 0 saturated heterocycles. The molecule has 0 bridgehead atoms. The molecule has 2 N–H and O–H groups in total. The van der Waals surface area contributed by atoms with E-state index < -0.39 is 47.2 Å². The number of aliphatic hydroxyl groups excluding tert-OH is 1. The molecule has 34 heavy (non-hydrogen) atoms. The SMILES string of the molecule is C[C@@H]1C[C@H]2[C@@H]3C=C(F)C4=CC(=O)C=C[C@]4(C)[C@H]3[C@@H](O)C[C@]2(C)[C@H]1C(=O)COC(=O)CCC(=O)O. The summed E-state index contributed by atoms with van der Waals surface area (Å²) in [5, 5.41) is 20.0. The van der Waals surface area contributed by atoms with Crippen molar-refractivity contribution in [2.45, 2.75) is 52.6 Å². The zero-order valence-corrected chi connectivity index (χ0v) is 19.6. The molecule has 4 aliphatic carbocycles. The number of esters is 1. The van der Waals surface area contributed by atoms with Crippen molar-refractivity contribution < 1.29 is 38.5 Å². The summed E-state index contributed by atoms with van der Waals surface area (Å²) in [5.41, 5.74) is -1.13. The number of hydrogen-bond acceptors (Lipinski definition) is 6. The Bertz CT molecular complexity index is 1030. The van der Waals surface area contributed by atoms with E-state index in [-0.39, 0.29) is 48.1 Å². The summed E-state index contributed by atoms with van der Waals surface area (Å²) in [7, 11) is 0. The molecule has 0 aromatic heterocycles. The molecule has 0 spiro atoms. The van der Waals surface area contributed by atoms with Crippen LogP contribution in [-0.2, 0) is 23.9 Å². The van der Waals surface area contributed by atoms with Crippen LogP contribution in [-0.4, -0.2) is 46.4 Å². The van der Waals surface area contributed by atoms with Gasteiger partial charge in [0.05, 0.1) is 18.9 Å². The number of aliphatic hydroxyl groups is 1. The molecular weight excluding hydrogens is 443 g/mol. The molecule has 0 aromatic carbocycles. The molecule has 0 unspecified atom stereocenters. The first-order valence-corrected chi connectivity index (χ1v) is 11.8. The number of aliphatic carboxylic acids is 1. The van der Waals surface area contributed by atoms with E-state index in [9.17, 15) is 24.3 Å². The number of Topliss-reactive ketones (excluding diaryl/α,β-unsaturated/α-hetero) is 1. The van der Waals surface area contributed by atoms with Gasteiger partial charge in [-0.1, -0.05) is 26.8 Å². The number of carboxylic acids is 1. The average molecular weight is 475 g/mol. The molecule has 8 atom stereocenters. The highest BCUT2D eigenvalue weighted by Crippen LogP contribution is 2.66. The minimum absolute atomic E-state index is 0.0594. The number of ketones is 2. The topological polar surface area (TPSA) is 118 Å². The summed E-state index contributed by atoms with van der Waals surface area (Å²) in [6.07, 6.45) is 5.49. The van der Waals surface area contributed by atoms with Gasteiger partial charge in [-0.15, -0.1) is 0 Å². The lowest BCUT2D eigenvalue weighted by atomic mass is 9.48. The van der Waals surface area contributed by atoms with Crippen molar-refractivity contribution in [2.24, 2.45) is 40.4 Å². The Kier molecular flexibility index (Phi) is 6.17. The lowest BCUT2D eigenvalue weighted by molar-refractivity contribution is -0.154. The van der Waals surface area contributed by atoms with Crippen molar-refractivity contribution in [2.75, 3.05) is 6.61 Å². The number of ether oxygens (including phenoxy) is 1. The Balaban J connectivity index is 1.59. The van der Waals surface area contributed by atoms with Gasteiger partial charge in [0.15, 0.2) is 11.6 Å². The minimum Gasteiger partial charge on any atom is -0.481 e. The smallest absolute Gasteiger partial charge is 0.306 e. The fraction of sp³-hybridized carbons (Fsp3) is 0.615. The third kappa shape index (κ3) is 3.85. The molecule has 0 aromatic rings. The summed E-state index contributed by atoms with van der Waals surface area (Å²) in [6, 6.07) is 0. The van der Waals surface area contributed by atoms with Crippen LogP contribution in [0.1, 0.15) is 46.5 Å². The Morgan fingerprint density at radius 2 is 1.94 bits per heavy atom. The number of fused-ring (bicyclic) bond motifs is 5. The van der Waals surface area contributed by atoms with Gasteiger partial charge < -0.3 is 14.9 Å². The van der Waals surface area contributed by atoms with Gasteiger partial charge in [-0.3, -0.25) is 19.2 Å². The maximum Gasteiger partial charge on any atom is 0.306 e. The third-order valence-electron chi connectivity index (χ3n) is 8.71. The van der Waals surface area contributed by atoms with Gasteiger partial charge in [0, 0.05) is 22.8 Å². The van der Waals surface area contributed by atoms with Crippen molar-refractivity contribution in [1.82, 2.24) is 0 Å². The largest absolute Gasteiger partial charge is 0.481 e. The van der Waals surface area contributed by atoms with E-state index in [1.165, 1.54) is 18.2 Å². The molecule has 4 aliphatic rings. The summed E-state index contributed by atoms with van der Waals surface area (Å²) in [4.78, 5) is 47.5. The second-order valence-electron chi connectivity index (χ2n) is 10.8. The van der Waals surface area contributed by atoms with E-state index in [2.05, 4.69) is 0 Å². The van der Waals surface area contributed by atoms with Gasteiger partial charge in [0.1, 0.15) is 12.4 Å². The molecule has 0 aliphatic heterocycles. The van der Waals surface area contributed by atoms with Gasteiger partial charge in [0.2, 0.25) is 0 Å². The van der Waals surface area contributed by atoms with Crippen LogP contribution in [0.25, 0.3) is 0 Å². The predicted molar refractivity (Wildman–Crippen MR) is 119 cm³/mol. The van der Waals surface area contributed by atoms with E-state index in [1.54, 1.807) is 6.08 Å². The molecule has 7 nitrogen and oxygen atoms in total. The second kappa shape index (κ2) is 8.56. The number of hydrogen-bond donors (Lipinski definition) is 2. The van der Waals surface area contributed by atoms with Crippen molar-refractivity contribution in [3.8, 4) is 0 Å². The van der Waals surface area contributed by atoms with Crippen molar-refractivity contribution in [1.29, 1.82) is 0 Å². The maximum absolute atomic E-state index is 15.3. The van der Waals surface area contributed by atoms with Gasteiger partial charge in [-0.2, -0.15) is 0 Å². The molecule has 184 valence electrons. The van der Waals surface area contributed by atoms with Crippen LogP contribution in [0.4, 0.5) is 4.39 Å². The molecule has 0 amide bonds. The number of carbonyl (C=O) groups excluding carboxylic acids is 3. The zero-order chi connectivity index (χ0) is 25.0. The predicted octanol–water partition coefficient (Wildman–Crippen LogP) is 3.18. The highest BCUT2D eigenvalue weighted by molar-refractivity contribution is 6.01. The molecule has 4 rings (SSSR count). The normalized spacial score (nSPS) is 40.4. The molecule has 8 heteroatoms. The number of rotatable bonds is 6. The fourth-order valence-electron chi connectivity index (χ4n) is 7.44. The summed E-state index contributed by atoms with van der Waals surface area (Å²) < 4.78 is 20.3. The first kappa shape index (κ1) is 24.5. The van der Waals surface area contributed by atoms with Gasteiger partial charge in [-0.25, -0.2) is 4.39 Å². The second-order valence-corrected chi connectivity index (χ2v) is 10.8. The zero-order valence-electron chi connectivity index (χ0n) is 19.6. The number of carbonyl (C=O) groups is 4. The van der Waals surface area contributed by atoms with E-state index >= 15 is 4.39 Å². The summed E-state index contributed by atoms with van der Waals surface area (Å²) in [6.45, 7) is 5.32. The van der Waals surface area contributed by atoms with E-state index in [0.29, 0.717) is 18.4 Å². The van der Waals surface area contributed by atoms with Crippen LogP contribution in [0, 0.1) is 40.4 Å². The minimum atomic E-state index is -1.12.